The van der Waals surface area contributed by atoms with Crippen molar-refractivity contribution < 1.29 is 4.79 Å². The van der Waals surface area contributed by atoms with Crippen molar-refractivity contribution in [1.82, 2.24) is 20.1 Å². The second kappa shape index (κ2) is 6.67. The van der Waals surface area contributed by atoms with Crippen LogP contribution in [0.1, 0.15) is 10.5 Å². The highest BCUT2D eigenvalue weighted by Crippen LogP contribution is 2.19. The zero-order valence-corrected chi connectivity index (χ0v) is 13.2. The predicted octanol–water partition coefficient (Wildman–Crippen LogP) is -0.538. The topological polar surface area (TPSA) is 114 Å². The van der Waals surface area contributed by atoms with Gasteiger partial charge in [-0.3, -0.25) is 14.6 Å². The van der Waals surface area contributed by atoms with Crippen molar-refractivity contribution >= 4 is 17.3 Å². The van der Waals surface area contributed by atoms with Gasteiger partial charge >= 0.3 is 5.69 Å². The molecule has 0 unspecified atom stereocenters. The summed E-state index contributed by atoms with van der Waals surface area (Å²) in [6.45, 7) is 3.94. The van der Waals surface area contributed by atoms with Gasteiger partial charge in [-0.25, -0.2) is 9.89 Å². The van der Waals surface area contributed by atoms with Gasteiger partial charge in [0, 0.05) is 37.6 Å². The second-order valence-corrected chi connectivity index (χ2v) is 5.65. The number of benzene rings is 1. The minimum atomic E-state index is -0.828. The van der Waals surface area contributed by atoms with E-state index in [-0.39, 0.29) is 0 Å². The standard InChI is InChI=1S/C15H18N6O3/c1-20-6-8-21(9-7-20)11-4-2-10(3-5-11)16-13(22)12-14(23)17-15(24)19-18-12/h2-5H,6-9H2,1H3,(H,16,22)(H2,17,19,23,24). The lowest BCUT2D eigenvalue weighted by Gasteiger charge is -2.34. The zero-order valence-electron chi connectivity index (χ0n) is 13.2. The smallest absolute Gasteiger partial charge is 0.342 e. The molecule has 0 bridgehead atoms. The van der Waals surface area contributed by atoms with Crippen molar-refractivity contribution in [3.05, 3.63) is 50.8 Å². The van der Waals surface area contributed by atoms with E-state index in [4.69, 9.17) is 0 Å². The highest BCUT2D eigenvalue weighted by Gasteiger charge is 2.15. The van der Waals surface area contributed by atoms with Crippen molar-refractivity contribution in [2.24, 2.45) is 0 Å². The number of nitrogens with one attached hydrogen (secondary N) is 3. The number of carbonyl (C=O) groups excluding carboxylic acids is 1. The van der Waals surface area contributed by atoms with Gasteiger partial charge < -0.3 is 15.1 Å². The van der Waals surface area contributed by atoms with E-state index in [0.29, 0.717) is 5.69 Å². The second-order valence-electron chi connectivity index (χ2n) is 5.65. The van der Waals surface area contributed by atoms with E-state index >= 15 is 0 Å². The monoisotopic (exact) mass is 330 g/mol. The van der Waals surface area contributed by atoms with Crippen LogP contribution in [0.4, 0.5) is 11.4 Å². The summed E-state index contributed by atoms with van der Waals surface area (Å²) in [7, 11) is 2.10. The number of hydrogen-bond donors (Lipinski definition) is 3. The number of aromatic amines is 2. The van der Waals surface area contributed by atoms with Crippen LogP contribution < -0.4 is 21.5 Å². The molecule has 1 fully saturated rings. The highest BCUT2D eigenvalue weighted by molar-refractivity contribution is 6.02. The summed E-state index contributed by atoms with van der Waals surface area (Å²) in [5.74, 6) is -0.681. The molecular weight excluding hydrogens is 312 g/mol. The number of aromatic nitrogens is 3. The lowest BCUT2D eigenvalue weighted by molar-refractivity contribution is 0.101. The summed E-state index contributed by atoms with van der Waals surface area (Å²) < 4.78 is 0. The molecule has 1 aromatic heterocycles. The Labute approximate surface area is 137 Å². The Balaban J connectivity index is 1.68. The van der Waals surface area contributed by atoms with E-state index in [0.717, 1.165) is 31.9 Å². The van der Waals surface area contributed by atoms with Gasteiger partial charge in [0.2, 0.25) is 5.69 Å². The maximum atomic E-state index is 12.0. The van der Waals surface area contributed by atoms with E-state index in [1.807, 2.05) is 22.2 Å². The van der Waals surface area contributed by atoms with Gasteiger partial charge in [0.1, 0.15) is 0 Å². The number of piperazine rings is 1. The Kier molecular flexibility index (Phi) is 4.43. The average molecular weight is 330 g/mol. The van der Waals surface area contributed by atoms with Gasteiger partial charge in [0.25, 0.3) is 11.5 Å². The summed E-state index contributed by atoms with van der Waals surface area (Å²) in [4.78, 5) is 41.0. The minimum Gasteiger partial charge on any atom is -0.369 e. The van der Waals surface area contributed by atoms with E-state index in [1.54, 1.807) is 12.1 Å². The molecule has 3 rings (SSSR count). The van der Waals surface area contributed by atoms with Gasteiger partial charge in [-0.1, -0.05) is 0 Å². The lowest BCUT2D eigenvalue weighted by atomic mass is 10.2. The molecule has 0 saturated carbocycles. The number of amides is 1. The van der Waals surface area contributed by atoms with E-state index < -0.39 is 22.9 Å². The maximum Gasteiger partial charge on any atom is 0.342 e. The van der Waals surface area contributed by atoms with Gasteiger partial charge in [0.15, 0.2) is 0 Å². The van der Waals surface area contributed by atoms with E-state index in [9.17, 15) is 14.4 Å². The molecule has 126 valence electrons. The number of H-pyrrole nitrogens is 2. The number of hydrogen-bond acceptors (Lipinski definition) is 6. The minimum absolute atomic E-state index is 0.391. The first-order valence-electron chi connectivity index (χ1n) is 7.57. The molecule has 1 saturated heterocycles. The first-order valence-corrected chi connectivity index (χ1v) is 7.57. The summed E-state index contributed by atoms with van der Waals surface area (Å²) >= 11 is 0. The summed E-state index contributed by atoms with van der Waals surface area (Å²) in [6, 6.07) is 7.38. The molecule has 0 atom stereocenters. The first kappa shape index (κ1) is 15.9. The number of carbonyl (C=O) groups is 1. The van der Waals surface area contributed by atoms with Crippen LogP contribution in [-0.4, -0.2) is 59.2 Å². The normalized spacial score (nSPS) is 15.3. The summed E-state index contributed by atoms with van der Waals surface area (Å²) in [5, 5.41) is 8.08. The summed E-state index contributed by atoms with van der Waals surface area (Å²) in [6.07, 6.45) is 0. The van der Waals surface area contributed by atoms with Crippen LogP contribution >= 0.6 is 0 Å². The van der Waals surface area contributed by atoms with Gasteiger partial charge in [-0.2, -0.15) is 5.10 Å². The number of nitrogens with zero attached hydrogens (tertiary/aromatic N) is 3. The molecule has 1 aromatic carbocycles. The van der Waals surface area contributed by atoms with Gasteiger partial charge in [0.05, 0.1) is 0 Å². The molecule has 0 radical (unpaired) electrons. The molecular formula is C15H18N6O3. The first-order chi connectivity index (χ1) is 11.5. The largest absolute Gasteiger partial charge is 0.369 e. The third-order valence-corrected chi connectivity index (χ3v) is 3.92. The van der Waals surface area contributed by atoms with Crippen LogP contribution in [-0.2, 0) is 0 Å². The predicted molar refractivity (Wildman–Crippen MR) is 89.6 cm³/mol. The molecule has 24 heavy (non-hydrogen) atoms. The van der Waals surface area contributed by atoms with Crippen LogP contribution in [0, 0.1) is 0 Å². The third kappa shape index (κ3) is 3.51. The molecule has 9 nitrogen and oxygen atoms in total. The van der Waals surface area contributed by atoms with Crippen molar-refractivity contribution in [1.29, 1.82) is 0 Å². The van der Waals surface area contributed by atoms with E-state index in [1.165, 1.54) is 0 Å². The fraction of sp³-hybridized carbons (Fsp3) is 0.333. The van der Waals surface area contributed by atoms with Gasteiger partial charge in [-0.15, -0.1) is 0 Å². The van der Waals surface area contributed by atoms with Crippen LogP contribution in [0.5, 0.6) is 0 Å². The quantitative estimate of drug-likeness (QED) is 0.696. The number of anilines is 2. The summed E-state index contributed by atoms with van der Waals surface area (Å²) in [5.41, 5.74) is -0.345. The molecule has 0 spiro atoms. The van der Waals surface area contributed by atoms with Gasteiger partial charge in [-0.05, 0) is 31.3 Å². The zero-order chi connectivity index (χ0) is 17.1. The molecule has 2 heterocycles. The van der Waals surface area contributed by atoms with Crippen molar-refractivity contribution in [3.63, 3.8) is 0 Å². The van der Waals surface area contributed by atoms with Crippen LogP contribution in [0.3, 0.4) is 0 Å². The van der Waals surface area contributed by atoms with Crippen molar-refractivity contribution in [3.8, 4) is 0 Å². The fourth-order valence-electron chi connectivity index (χ4n) is 2.51. The van der Waals surface area contributed by atoms with Crippen LogP contribution in [0.15, 0.2) is 33.9 Å². The molecule has 1 aliphatic heterocycles. The number of rotatable bonds is 3. The Morgan fingerprint density at radius 2 is 1.79 bits per heavy atom. The third-order valence-electron chi connectivity index (χ3n) is 3.92. The Morgan fingerprint density at radius 3 is 2.42 bits per heavy atom. The highest BCUT2D eigenvalue weighted by atomic mass is 16.2. The molecule has 3 N–H and O–H groups in total. The average Bonchev–Trinajstić information content (AvgIpc) is 2.56. The molecule has 1 aliphatic rings. The number of likely N-dealkylation sites (N-methyl/N-ethyl adjacent to an activating group) is 1. The van der Waals surface area contributed by atoms with Crippen LogP contribution in [0.25, 0.3) is 0 Å². The molecule has 0 aliphatic carbocycles. The van der Waals surface area contributed by atoms with Crippen molar-refractivity contribution in [2.45, 2.75) is 0 Å². The maximum absolute atomic E-state index is 12.0. The molecule has 9 heteroatoms. The SMILES string of the molecule is CN1CCN(c2ccc(NC(=O)c3n[nH]c(=O)[nH]c3=O)cc2)CC1. The van der Waals surface area contributed by atoms with Crippen LogP contribution in [0.2, 0.25) is 0 Å². The molecule has 2 aromatic rings. The van der Waals surface area contributed by atoms with E-state index in [2.05, 4.69) is 27.3 Å². The molecule has 1 amide bonds. The lowest BCUT2D eigenvalue weighted by Crippen LogP contribution is -2.44. The Hall–Kier alpha value is -2.94. The van der Waals surface area contributed by atoms with Crippen molar-refractivity contribution in [2.75, 3.05) is 43.4 Å². The Bertz CT molecular complexity index is 833. The fourth-order valence-corrected chi connectivity index (χ4v) is 2.51. The Morgan fingerprint density at radius 1 is 1.12 bits per heavy atom.